The minimum atomic E-state index is -5.04. The van der Waals surface area contributed by atoms with Gasteiger partial charge in [0.1, 0.15) is 6.26 Å². The van der Waals surface area contributed by atoms with Crippen molar-refractivity contribution in [1.82, 2.24) is 14.7 Å². The summed E-state index contributed by atoms with van der Waals surface area (Å²) >= 11 is 0. The van der Waals surface area contributed by atoms with E-state index in [1.54, 1.807) is 6.07 Å². The first-order chi connectivity index (χ1) is 21.8. The highest BCUT2D eigenvalue weighted by Gasteiger charge is 2.45. The zero-order chi connectivity index (χ0) is 32.7. The first-order valence-electron chi connectivity index (χ1n) is 15.5. The summed E-state index contributed by atoms with van der Waals surface area (Å²) in [7, 11) is 0. The average Bonchev–Trinajstić information content (AvgIpc) is 3.72. The molecular weight excluding hydrogens is 612 g/mol. The number of hydrogen-bond donors (Lipinski definition) is 0. The highest BCUT2D eigenvalue weighted by Crippen LogP contribution is 2.43. The number of carbonyl (C=O) groups is 2. The van der Waals surface area contributed by atoms with E-state index in [0.29, 0.717) is 50.0 Å². The molecule has 0 N–H and O–H groups in total. The predicted molar refractivity (Wildman–Crippen MR) is 157 cm³/mol. The number of halogens is 6. The van der Waals surface area contributed by atoms with Crippen LogP contribution in [0.4, 0.5) is 26.3 Å². The summed E-state index contributed by atoms with van der Waals surface area (Å²) in [5.41, 5.74) is -2.08. The van der Waals surface area contributed by atoms with Gasteiger partial charge in [0, 0.05) is 43.8 Å². The molecule has 4 heterocycles. The fourth-order valence-corrected chi connectivity index (χ4v) is 7.40. The number of alkyl halides is 6. The van der Waals surface area contributed by atoms with Gasteiger partial charge in [0.2, 0.25) is 0 Å². The maximum Gasteiger partial charge on any atom is 0.416 e. The lowest BCUT2D eigenvalue weighted by molar-refractivity contribution is -0.143. The SMILES string of the molecule is O=C(c1ccoc1)N1CCC2(CC1)CCN([C@H]1CCN(C(=O)c3cc(C(F)(F)F)cc(C(F)(F)F)c3)[C@H](Cc3ccccc3)C1)C2. The molecule has 0 radical (unpaired) electrons. The Morgan fingerprint density at radius 2 is 1.46 bits per heavy atom. The summed E-state index contributed by atoms with van der Waals surface area (Å²) < 4.78 is 86.6. The number of amides is 2. The fourth-order valence-electron chi connectivity index (χ4n) is 7.40. The second-order valence-electron chi connectivity index (χ2n) is 12.8. The van der Waals surface area contributed by atoms with Crippen molar-refractivity contribution < 1.29 is 40.3 Å². The lowest BCUT2D eigenvalue weighted by atomic mass is 9.77. The number of furan rings is 1. The standard InChI is InChI=1S/C34H35F6N3O3/c35-33(36,37)26-17-25(18-27(19-26)34(38,39)40)31(45)43-11-6-28(20-29(43)16-23-4-2-1-3-5-23)42-14-10-32(22-42)8-12-41(13-9-32)30(44)24-7-15-46-21-24/h1-5,7,15,17-19,21,28-29H,6,8-14,16,20,22H2/t28-,29+/m0/s1. The Kier molecular flexibility index (Phi) is 8.69. The first-order valence-corrected chi connectivity index (χ1v) is 15.5. The van der Waals surface area contributed by atoms with E-state index in [2.05, 4.69) is 4.90 Å². The van der Waals surface area contributed by atoms with Crippen molar-refractivity contribution in [1.29, 1.82) is 0 Å². The molecule has 46 heavy (non-hydrogen) atoms. The van der Waals surface area contributed by atoms with Crippen molar-refractivity contribution in [2.45, 2.75) is 63.0 Å². The molecule has 1 aromatic heterocycles. The first kappa shape index (κ1) is 32.2. The van der Waals surface area contributed by atoms with E-state index in [9.17, 15) is 35.9 Å². The van der Waals surface area contributed by atoms with Crippen LogP contribution in [-0.4, -0.2) is 71.3 Å². The maximum atomic E-state index is 13.7. The molecule has 0 bridgehead atoms. The highest BCUT2D eigenvalue weighted by molar-refractivity contribution is 5.95. The van der Waals surface area contributed by atoms with Crippen LogP contribution in [0.1, 0.15) is 69.5 Å². The average molecular weight is 648 g/mol. The van der Waals surface area contributed by atoms with Crippen molar-refractivity contribution in [3.8, 4) is 0 Å². The Labute approximate surface area is 262 Å². The summed E-state index contributed by atoms with van der Waals surface area (Å²) in [5, 5.41) is 0. The van der Waals surface area contributed by atoms with Crippen LogP contribution in [0.25, 0.3) is 0 Å². The number of piperidine rings is 2. The van der Waals surface area contributed by atoms with Crippen LogP contribution in [0.5, 0.6) is 0 Å². The summed E-state index contributed by atoms with van der Waals surface area (Å²) in [5.74, 6) is -0.870. The monoisotopic (exact) mass is 647 g/mol. The molecule has 6 nitrogen and oxygen atoms in total. The topological polar surface area (TPSA) is 57.0 Å². The molecule has 2 atom stereocenters. The maximum absolute atomic E-state index is 13.7. The number of benzene rings is 2. The van der Waals surface area contributed by atoms with Crippen LogP contribution in [0.2, 0.25) is 0 Å². The second-order valence-corrected chi connectivity index (χ2v) is 12.8. The molecule has 3 fully saturated rings. The fraction of sp³-hybridized carbons (Fsp3) is 0.471. The summed E-state index contributed by atoms with van der Waals surface area (Å²) in [4.78, 5) is 32.3. The molecule has 6 rings (SSSR count). The molecule has 3 aliphatic heterocycles. The number of nitrogens with zero attached hydrogens (tertiary/aromatic N) is 3. The van der Waals surface area contributed by atoms with E-state index in [4.69, 9.17) is 4.42 Å². The Bertz CT molecular complexity index is 1500. The molecule has 3 aromatic rings. The van der Waals surface area contributed by atoms with Crippen molar-refractivity contribution in [3.63, 3.8) is 0 Å². The van der Waals surface area contributed by atoms with Gasteiger partial charge < -0.3 is 14.2 Å². The molecule has 2 aromatic carbocycles. The summed E-state index contributed by atoms with van der Waals surface area (Å²) in [6.45, 7) is 3.22. The third kappa shape index (κ3) is 6.82. The van der Waals surface area contributed by atoms with Gasteiger partial charge in [0.25, 0.3) is 11.8 Å². The van der Waals surface area contributed by atoms with Crippen LogP contribution in [0.3, 0.4) is 0 Å². The Morgan fingerprint density at radius 3 is 2.07 bits per heavy atom. The number of hydrogen-bond acceptors (Lipinski definition) is 4. The van der Waals surface area contributed by atoms with Gasteiger partial charge in [-0.05, 0) is 80.3 Å². The number of likely N-dealkylation sites (tertiary alicyclic amines) is 3. The lowest BCUT2D eigenvalue weighted by Crippen LogP contribution is -2.53. The van der Waals surface area contributed by atoms with Gasteiger partial charge in [-0.3, -0.25) is 14.5 Å². The van der Waals surface area contributed by atoms with E-state index < -0.39 is 41.0 Å². The third-order valence-electron chi connectivity index (χ3n) is 9.96. The van der Waals surface area contributed by atoms with Crippen molar-refractivity contribution in [3.05, 3.63) is 94.9 Å². The Morgan fingerprint density at radius 1 is 0.804 bits per heavy atom. The zero-order valence-corrected chi connectivity index (χ0v) is 25.1. The minimum absolute atomic E-state index is 0.0395. The molecule has 3 aliphatic rings. The molecular formula is C34H35F6N3O3. The summed E-state index contributed by atoms with van der Waals surface area (Å²) in [6.07, 6.45) is -2.89. The van der Waals surface area contributed by atoms with Crippen LogP contribution < -0.4 is 0 Å². The van der Waals surface area contributed by atoms with E-state index in [1.807, 2.05) is 35.2 Å². The quantitative estimate of drug-likeness (QED) is 0.276. The van der Waals surface area contributed by atoms with Crippen molar-refractivity contribution in [2.24, 2.45) is 5.41 Å². The molecule has 0 saturated carbocycles. The molecule has 1 spiro atoms. The smallest absolute Gasteiger partial charge is 0.416 e. The van der Waals surface area contributed by atoms with Gasteiger partial charge in [-0.1, -0.05) is 30.3 Å². The van der Waals surface area contributed by atoms with E-state index in [-0.39, 0.29) is 30.0 Å². The summed E-state index contributed by atoms with van der Waals surface area (Å²) in [6, 6.07) is 11.8. The normalized spacial score (nSPS) is 22.4. The van der Waals surface area contributed by atoms with Gasteiger partial charge in [0.15, 0.2) is 0 Å². The minimum Gasteiger partial charge on any atom is -0.472 e. The highest BCUT2D eigenvalue weighted by atomic mass is 19.4. The van der Waals surface area contributed by atoms with Crippen molar-refractivity contribution in [2.75, 3.05) is 32.7 Å². The van der Waals surface area contributed by atoms with Gasteiger partial charge in [0.05, 0.1) is 23.0 Å². The third-order valence-corrected chi connectivity index (χ3v) is 9.96. The Balaban J connectivity index is 1.18. The van der Waals surface area contributed by atoms with Gasteiger partial charge in [-0.25, -0.2) is 0 Å². The predicted octanol–water partition coefficient (Wildman–Crippen LogP) is 7.16. The lowest BCUT2D eigenvalue weighted by Gasteiger charge is -2.44. The number of carbonyl (C=O) groups excluding carboxylic acids is 2. The second kappa shape index (κ2) is 12.4. The van der Waals surface area contributed by atoms with Crippen LogP contribution in [0, 0.1) is 5.41 Å². The zero-order valence-electron chi connectivity index (χ0n) is 25.1. The Hall–Kier alpha value is -3.80. The molecule has 2 amide bonds. The van der Waals surface area contributed by atoms with Gasteiger partial charge in [-0.15, -0.1) is 0 Å². The van der Waals surface area contributed by atoms with Gasteiger partial charge in [-0.2, -0.15) is 26.3 Å². The molecule has 12 heteroatoms. The van der Waals surface area contributed by atoms with E-state index >= 15 is 0 Å². The number of rotatable bonds is 5. The molecule has 0 unspecified atom stereocenters. The molecule has 246 valence electrons. The van der Waals surface area contributed by atoms with E-state index in [1.165, 1.54) is 17.4 Å². The van der Waals surface area contributed by atoms with Crippen LogP contribution in [-0.2, 0) is 18.8 Å². The molecule has 0 aliphatic carbocycles. The van der Waals surface area contributed by atoms with Crippen LogP contribution in [0.15, 0.2) is 71.5 Å². The van der Waals surface area contributed by atoms with Gasteiger partial charge >= 0.3 is 12.4 Å². The van der Waals surface area contributed by atoms with Crippen molar-refractivity contribution >= 4 is 11.8 Å². The largest absolute Gasteiger partial charge is 0.472 e. The van der Waals surface area contributed by atoms with Crippen LogP contribution >= 0.6 is 0 Å². The molecule has 3 saturated heterocycles. The van der Waals surface area contributed by atoms with E-state index in [0.717, 1.165) is 37.9 Å².